The Kier molecular flexibility index (Phi) is 3.80. The van der Waals surface area contributed by atoms with Crippen LogP contribution in [0.2, 0.25) is 5.02 Å². The van der Waals surface area contributed by atoms with E-state index < -0.39 is 0 Å². The second-order valence-electron chi connectivity index (χ2n) is 4.05. The molecule has 0 bridgehead atoms. The summed E-state index contributed by atoms with van der Waals surface area (Å²) in [6, 6.07) is 2.60. The molecule has 3 N–H and O–H groups in total. The Bertz CT molecular complexity index is 386. The predicted octanol–water partition coefficient (Wildman–Crippen LogP) is 2.47. The van der Waals surface area contributed by atoms with Gasteiger partial charge in [0, 0.05) is 17.8 Å². The van der Waals surface area contributed by atoms with Gasteiger partial charge in [-0.3, -0.25) is 0 Å². The predicted molar refractivity (Wildman–Crippen MR) is 68.3 cm³/mol. The number of nitrogens with one attached hydrogen (secondary N) is 1. The lowest BCUT2D eigenvalue weighted by Gasteiger charge is -2.00. The normalized spacial score (nSPS) is 15.8. The molecule has 3 nitrogen and oxygen atoms in total. The van der Waals surface area contributed by atoms with Gasteiger partial charge in [-0.25, -0.2) is 4.98 Å². The first-order chi connectivity index (χ1) is 7.75. The van der Waals surface area contributed by atoms with Crippen molar-refractivity contribution in [1.82, 2.24) is 10.3 Å². The number of pyridine rings is 1. The molecule has 16 heavy (non-hydrogen) atoms. The van der Waals surface area contributed by atoms with Crippen LogP contribution in [0.25, 0.3) is 6.08 Å². The highest BCUT2D eigenvalue weighted by Gasteiger charge is 2.19. The highest BCUT2D eigenvalue weighted by Crippen LogP contribution is 2.18. The average molecular weight is 238 g/mol. The number of hydrogen-bond acceptors (Lipinski definition) is 3. The second-order valence-corrected chi connectivity index (χ2v) is 4.48. The van der Waals surface area contributed by atoms with Crippen molar-refractivity contribution in [1.29, 1.82) is 0 Å². The molecule has 0 unspecified atom stereocenters. The Morgan fingerprint density at radius 3 is 3.12 bits per heavy atom. The van der Waals surface area contributed by atoms with E-state index in [9.17, 15) is 0 Å². The molecule has 1 aliphatic carbocycles. The van der Waals surface area contributed by atoms with Crippen LogP contribution in [0, 0.1) is 0 Å². The molecule has 0 radical (unpaired) electrons. The standard InChI is InChI=1S/C12H16ClN3/c13-10-7-9(12(14)16-8-10)3-1-2-6-15-11-4-5-11/h1,3,7-8,11,15H,2,4-6H2,(H2,14,16). The molecule has 1 aromatic heterocycles. The van der Waals surface area contributed by atoms with Crippen molar-refractivity contribution < 1.29 is 0 Å². The summed E-state index contributed by atoms with van der Waals surface area (Å²) in [6.07, 6.45) is 9.29. The summed E-state index contributed by atoms with van der Waals surface area (Å²) in [4.78, 5) is 3.99. The van der Waals surface area contributed by atoms with Gasteiger partial charge in [-0.15, -0.1) is 0 Å². The van der Waals surface area contributed by atoms with Gasteiger partial charge < -0.3 is 11.1 Å². The maximum Gasteiger partial charge on any atom is 0.130 e. The summed E-state index contributed by atoms with van der Waals surface area (Å²) in [5.74, 6) is 0.524. The monoisotopic (exact) mass is 237 g/mol. The number of anilines is 1. The fraction of sp³-hybridized carbons (Fsp3) is 0.417. The molecule has 1 saturated carbocycles. The van der Waals surface area contributed by atoms with Crippen LogP contribution in [0.5, 0.6) is 0 Å². The largest absolute Gasteiger partial charge is 0.383 e. The van der Waals surface area contributed by atoms with Gasteiger partial charge in [0.25, 0.3) is 0 Å². The van der Waals surface area contributed by atoms with Crippen LogP contribution in [-0.4, -0.2) is 17.6 Å². The molecule has 1 aliphatic rings. The molecule has 0 aliphatic heterocycles. The first kappa shape index (κ1) is 11.4. The van der Waals surface area contributed by atoms with Gasteiger partial charge in [-0.1, -0.05) is 23.8 Å². The van der Waals surface area contributed by atoms with Crippen LogP contribution in [-0.2, 0) is 0 Å². The zero-order valence-electron chi connectivity index (χ0n) is 9.12. The van der Waals surface area contributed by atoms with Gasteiger partial charge in [0.2, 0.25) is 0 Å². The Morgan fingerprint density at radius 2 is 2.38 bits per heavy atom. The van der Waals surface area contributed by atoms with E-state index in [0.29, 0.717) is 10.8 Å². The molecule has 0 saturated heterocycles. The molecule has 1 aromatic rings. The van der Waals surface area contributed by atoms with Crippen LogP contribution >= 0.6 is 11.6 Å². The zero-order valence-corrected chi connectivity index (χ0v) is 9.87. The average Bonchev–Trinajstić information content (AvgIpc) is 3.06. The SMILES string of the molecule is Nc1ncc(Cl)cc1C=CCCNC1CC1. The Morgan fingerprint density at radius 1 is 1.56 bits per heavy atom. The van der Waals surface area contributed by atoms with Crippen LogP contribution in [0.15, 0.2) is 18.3 Å². The fourth-order valence-electron chi connectivity index (χ4n) is 1.47. The van der Waals surface area contributed by atoms with Crippen molar-refractivity contribution in [2.24, 2.45) is 0 Å². The van der Waals surface area contributed by atoms with Gasteiger partial charge in [-0.2, -0.15) is 0 Å². The lowest BCUT2D eigenvalue weighted by molar-refractivity contribution is 0.691. The first-order valence-corrected chi connectivity index (χ1v) is 5.94. The van der Waals surface area contributed by atoms with Gasteiger partial charge in [0.15, 0.2) is 0 Å². The molecule has 86 valence electrons. The summed E-state index contributed by atoms with van der Waals surface area (Å²) in [6.45, 7) is 1.02. The number of aromatic nitrogens is 1. The van der Waals surface area contributed by atoms with E-state index in [2.05, 4.69) is 16.4 Å². The van der Waals surface area contributed by atoms with E-state index in [1.54, 1.807) is 6.20 Å². The lowest BCUT2D eigenvalue weighted by Crippen LogP contribution is -2.16. The zero-order chi connectivity index (χ0) is 11.4. The third kappa shape index (κ3) is 3.51. The Hall–Kier alpha value is -1.06. The lowest BCUT2D eigenvalue weighted by atomic mass is 10.2. The number of nitrogens with two attached hydrogens (primary N) is 1. The molecule has 0 spiro atoms. The quantitative estimate of drug-likeness (QED) is 0.774. The van der Waals surface area contributed by atoms with E-state index in [0.717, 1.165) is 24.6 Å². The van der Waals surface area contributed by atoms with Gasteiger partial charge in [0.1, 0.15) is 5.82 Å². The molecule has 2 rings (SSSR count). The van der Waals surface area contributed by atoms with E-state index in [1.165, 1.54) is 12.8 Å². The van der Waals surface area contributed by atoms with E-state index in [-0.39, 0.29) is 0 Å². The minimum absolute atomic E-state index is 0.524. The van der Waals surface area contributed by atoms with Crippen molar-refractivity contribution in [2.75, 3.05) is 12.3 Å². The second kappa shape index (κ2) is 5.32. The molecular weight excluding hydrogens is 222 g/mol. The number of rotatable bonds is 5. The molecule has 0 amide bonds. The van der Waals surface area contributed by atoms with Crippen molar-refractivity contribution in [2.45, 2.75) is 25.3 Å². The van der Waals surface area contributed by atoms with Crippen molar-refractivity contribution >= 4 is 23.5 Å². The van der Waals surface area contributed by atoms with Crippen LogP contribution in [0.4, 0.5) is 5.82 Å². The molecule has 0 atom stereocenters. The minimum Gasteiger partial charge on any atom is -0.383 e. The third-order valence-electron chi connectivity index (χ3n) is 2.53. The smallest absolute Gasteiger partial charge is 0.130 e. The number of hydrogen-bond donors (Lipinski definition) is 2. The maximum absolute atomic E-state index is 5.84. The topological polar surface area (TPSA) is 50.9 Å². The maximum atomic E-state index is 5.84. The van der Waals surface area contributed by atoms with Crippen molar-refractivity contribution in [3.05, 3.63) is 28.9 Å². The third-order valence-corrected chi connectivity index (χ3v) is 2.74. The minimum atomic E-state index is 0.524. The highest BCUT2D eigenvalue weighted by atomic mass is 35.5. The van der Waals surface area contributed by atoms with Crippen LogP contribution < -0.4 is 11.1 Å². The summed E-state index contributed by atoms with van der Waals surface area (Å²) < 4.78 is 0. The number of halogens is 1. The van der Waals surface area contributed by atoms with Crippen molar-refractivity contribution in [3.63, 3.8) is 0 Å². The Labute approximate surface area is 101 Å². The number of nitrogen functional groups attached to an aromatic ring is 1. The van der Waals surface area contributed by atoms with Crippen molar-refractivity contribution in [3.8, 4) is 0 Å². The van der Waals surface area contributed by atoms with Gasteiger partial charge in [0.05, 0.1) is 5.02 Å². The Balaban J connectivity index is 1.81. The van der Waals surface area contributed by atoms with Gasteiger partial charge in [-0.05, 0) is 31.9 Å². The number of nitrogens with zero attached hydrogens (tertiary/aromatic N) is 1. The molecule has 4 heteroatoms. The highest BCUT2D eigenvalue weighted by molar-refractivity contribution is 6.30. The van der Waals surface area contributed by atoms with Crippen LogP contribution in [0.3, 0.4) is 0 Å². The fourth-order valence-corrected chi connectivity index (χ4v) is 1.63. The van der Waals surface area contributed by atoms with E-state index in [4.69, 9.17) is 17.3 Å². The van der Waals surface area contributed by atoms with E-state index in [1.807, 2.05) is 12.1 Å². The molecule has 1 fully saturated rings. The summed E-state index contributed by atoms with van der Waals surface area (Å²) in [5, 5.41) is 4.06. The van der Waals surface area contributed by atoms with Crippen LogP contribution in [0.1, 0.15) is 24.8 Å². The molecule has 1 heterocycles. The summed E-state index contributed by atoms with van der Waals surface area (Å²) >= 11 is 5.84. The van der Waals surface area contributed by atoms with Gasteiger partial charge >= 0.3 is 0 Å². The molecular formula is C12H16ClN3. The molecule has 0 aromatic carbocycles. The summed E-state index contributed by atoms with van der Waals surface area (Å²) in [7, 11) is 0. The first-order valence-electron chi connectivity index (χ1n) is 5.56. The van der Waals surface area contributed by atoms with E-state index >= 15 is 0 Å². The summed E-state index contributed by atoms with van der Waals surface area (Å²) in [5.41, 5.74) is 6.61.